The number of hydrogen-bond acceptors (Lipinski definition) is 3. The number of rotatable bonds is 5. The summed E-state index contributed by atoms with van der Waals surface area (Å²) in [4.78, 5) is 5.35. The van der Waals surface area contributed by atoms with Crippen LogP contribution in [0.1, 0.15) is 18.7 Å². The Morgan fingerprint density at radius 2 is 2.00 bits per heavy atom. The van der Waals surface area contributed by atoms with Crippen LogP contribution in [0, 0.1) is 0 Å². The van der Waals surface area contributed by atoms with Crippen molar-refractivity contribution in [3.05, 3.63) is 45.6 Å². The zero-order valence-electron chi connectivity index (χ0n) is 12.0. The molecule has 0 aliphatic carbocycles. The van der Waals surface area contributed by atoms with Gasteiger partial charge in [0.2, 0.25) is 0 Å². The van der Waals surface area contributed by atoms with Crippen LogP contribution in [-0.2, 0) is 6.54 Å². The molecule has 0 aliphatic heterocycles. The van der Waals surface area contributed by atoms with E-state index in [9.17, 15) is 0 Å². The molecule has 0 bridgehead atoms. The topological polar surface area (TPSA) is 59.6 Å². The summed E-state index contributed by atoms with van der Waals surface area (Å²) in [5.74, 6) is 1.20. The molecule has 1 heterocycles. The first-order valence-corrected chi connectivity index (χ1v) is 7.80. The number of thiophene rings is 1. The van der Waals surface area contributed by atoms with Crippen molar-refractivity contribution in [1.29, 1.82) is 0 Å². The predicted molar refractivity (Wildman–Crippen MR) is 90.5 cm³/mol. The molecular weight excluding hydrogens is 306 g/mol. The van der Waals surface area contributed by atoms with Gasteiger partial charge in [0.1, 0.15) is 5.75 Å². The fourth-order valence-corrected chi connectivity index (χ4v) is 2.69. The summed E-state index contributed by atoms with van der Waals surface area (Å²) in [5, 5.41) is 3.04. The third-order valence-corrected chi connectivity index (χ3v) is 3.75. The predicted octanol–water partition coefficient (Wildman–Crippen LogP) is 4.12. The smallest absolute Gasteiger partial charge is 0.193 e. The quantitative estimate of drug-likeness (QED) is 0.643. The van der Waals surface area contributed by atoms with Crippen LogP contribution in [-0.4, -0.2) is 12.1 Å². The SMILES string of the molecule is CC(C)Oc1ccc(NC(N)=NCc2ccc(Cl)s2)cc1. The van der Waals surface area contributed by atoms with E-state index in [1.54, 1.807) is 0 Å². The van der Waals surface area contributed by atoms with Gasteiger partial charge in [-0.3, -0.25) is 0 Å². The number of guanidine groups is 1. The molecule has 0 saturated carbocycles. The molecule has 0 radical (unpaired) electrons. The van der Waals surface area contributed by atoms with Gasteiger partial charge in [-0.1, -0.05) is 11.6 Å². The molecule has 1 aromatic heterocycles. The zero-order valence-corrected chi connectivity index (χ0v) is 13.5. The maximum Gasteiger partial charge on any atom is 0.193 e. The Kier molecular flexibility index (Phi) is 5.47. The van der Waals surface area contributed by atoms with Gasteiger partial charge in [0.15, 0.2) is 5.96 Å². The number of ether oxygens (including phenoxy) is 1. The van der Waals surface area contributed by atoms with Gasteiger partial charge in [0.05, 0.1) is 17.0 Å². The molecule has 4 nitrogen and oxygen atoms in total. The molecule has 0 aliphatic rings. The van der Waals surface area contributed by atoms with Gasteiger partial charge in [0, 0.05) is 10.6 Å². The lowest BCUT2D eigenvalue weighted by Gasteiger charge is -2.10. The molecule has 0 amide bonds. The summed E-state index contributed by atoms with van der Waals surface area (Å²) >= 11 is 7.37. The highest BCUT2D eigenvalue weighted by molar-refractivity contribution is 7.16. The Hall–Kier alpha value is -1.72. The summed E-state index contributed by atoms with van der Waals surface area (Å²) in [5.41, 5.74) is 6.73. The minimum Gasteiger partial charge on any atom is -0.491 e. The van der Waals surface area contributed by atoms with E-state index in [1.807, 2.05) is 50.2 Å². The monoisotopic (exact) mass is 323 g/mol. The van der Waals surface area contributed by atoms with Gasteiger partial charge in [-0.15, -0.1) is 11.3 Å². The molecule has 0 atom stereocenters. The van der Waals surface area contributed by atoms with Crippen LogP contribution in [0.3, 0.4) is 0 Å². The molecule has 3 N–H and O–H groups in total. The minimum atomic E-state index is 0.160. The number of aliphatic imine (C=N–C) groups is 1. The average Bonchev–Trinajstić information content (AvgIpc) is 2.84. The molecule has 0 fully saturated rings. The van der Waals surface area contributed by atoms with E-state index in [0.29, 0.717) is 12.5 Å². The van der Waals surface area contributed by atoms with Crippen molar-refractivity contribution in [2.75, 3.05) is 5.32 Å². The molecule has 2 rings (SSSR count). The third-order valence-electron chi connectivity index (χ3n) is 2.53. The summed E-state index contributed by atoms with van der Waals surface area (Å²) in [6.45, 7) is 4.51. The van der Waals surface area contributed by atoms with Crippen molar-refractivity contribution >= 4 is 34.6 Å². The zero-order chi connectivity index (χ0) is 15.2. The van der Waals surface area contributed by atoms with Gasteiger partial charge in [-0.2, -0.15) is 0 Å². The summed E-state index contributed by atoms with van der Waals surface area (Å²) in [7, 11) is 0. The maximum atomic E-state index is 5.87. The Morgan fingerprint density at radius 3 is 2.57 bits per heavy atom. The first kappa shape index (κ1) is 15.7. The van der Waals surface area contributed by atoms with E-state index in [4.69, 9.17) is 22.1 Å². The van der Waals surface area contributed by atoms with Gasteiger partial charge >= 0.3 is 0 Å². The molecule has 0 spiro atoms. The largest absolute Gasteiger partial charge is 0.491 e. The Balaban J connectivity index is 1.91. The molecule has 6 heteroatoms. The fourth-order valence-electron chi connectivity index (χ4n) is 1.68. The van der Waals surface area contributed by atoms with Gasteiger partial charge < -0.3 is 15.8 Å². The second-order valence-corrected chi connectivity index (χ2v) is 6.52. The van der Waals surface area contributed by atoms with E-state index >= 15 is 0 Å². The van der Waals surface area contributed by atoms with Crippen LogP contribution in [0.2, 0.25) is 4.34 Å². The Labute approximate surface area is 133 Å². The highest BCUT2D eigenvalue weighted by Crippen LogP contribution is 2.22. The second kappa shape index (κ2) is 7.33. The van der Waals surface area contributed by atoms with Crippen molar-refractivity contribution in [3.63, 3.8) is 0 Å². The highest BCUT2D eigenvalue weighted by Gasteiger charge is 2.00. The lowest BCUT2D eigenvalue weighted by atomic mass is 10.3. The number of benzene rings is 1. The molecule has 112 valence electrons. The Morgan fingerprint density at radius 1 is 1.29 bits per heavy atom. The van der Waals surface area contributed by atoms with Gasteiger partial charge in [0.25, 0.3) is 0 Å². The standard InChI is InChI=1S/C15H18ClN3OS/c1-10(2)20-12-5-3-11(4-6-12)19-15(17)18-9-13-7-8-14(16)21-13/h3-8,10H,9H2,1-2H3,(H3,17,18,19). The minimum absolute atomic E-state index is 0.160. The lowest BCUT2D eigenvalue weighted by molar-refractivity contribution is 0.242. The first-order valence-electron chi connectivity index (χ1n) is 6.61. The van der Waals surface area contributed by atoms with Crippen LogP contribution >= 0.6 is 22.9 Å². The highest BCUT2D eigenvalue weighted by atomic mass is 35.5. The van der Waals surface area contributed by atoms with Crippen LogP contribution in [0.25, 0.3) is 0 Å². The van der Waals surface area contributed by atoms with Crippen molar-refractivity contribution < 1.29 is 4.74 Å². The van der Waals surface area contributed by atoms with Gasteiger partial charge in [-0.05, 0) is 50.2 Å². The Bertz CT molecular complexity index is 608. The average molecular weight is 324 g/mol. The number of hydrogen-bond donors (Lipinski definition) is 2. The van der Waals surface area contributed by atoms with Crippen LogP contribution in [0.15, 0.2) is 41.4 Å². The van der Waals surface area contributed by atoms with E-state index in [2.05, 4.69) is 10.3 Å². The van der Waals surface area contributed by atoms with Crippen molar-refractivity contribution in [2.24, 2.45) is 10.7 Å². The van der Waals surface area contributed by atoms with Gasteiger partial charge in [-0.25, -0.2) is 4.99 Å². The fraction of sp³-hybridized carbons (Fsp3) is 0.267. The van der Waals surface area contributed by atoms with Crippen LogP contribution < -0.4 is 15.8 Å². The lowest BCUT2D eigenvalue weighted by Crippen LogP contribution is -2.22. The first-order chi connectivity index (χ1) is 10.0. The number of anilines is 1. The summed E-state index contributed by atoms with van der Waals surface area (Å²) in [6, 6.07) is 11.4. The number of nitrogens with two attached hydrogens (primary N) is 1. The van der Waals surface area contributed by atoms with E-state index in [0.717, 1.165) is 20.7 Å². The van der Waals surface area contributed by atoms with E-state index < -0.39 is 0 Å². The van der Waals surface area contributed by atoms with Crippen molar-refractivity contribution in [3.8, 4) is 5.75 Å². The van der Waals surface area contributed by atoms with Crippen molar-refractivity contribution in [1.82, 2.24) is 0 Å². The van der Waals surface area contributed by atoms with Crippen LogP contribution in [0.4, 0.5) is 5.69 Å². The normalized spacial score (nSPS) is 11.7. The summed E-state index contributed by atoms with van der Waals surface area (Å²) < 4.78 is 6.34. The van der Waals surface area contributed by atoms with E-state index in [1.165, 1.54) is 11.3 Å². The molecule has 1 aromatic carbocycles. The summed E-state index contributed by atoms with van der Waals surface area (Å²) in [6.07, 6.45) is 0.160. The van der Waals surface area contributed by atoms with E-state index in [-0.39, 0.29) is 6.10 Å². The molecule has 0 unspecified atom stereocenters. The number of halogens is 1. The second-order valence-electron chi connectivity index (χ2n) is 4.72. The molecule has 2 aromatic rings. The van der Waals surface area contributed by atoms with Crippen LogP contribution in [0.5, 0.6) is 5.75 Å². The number of nitrogens with one attached hydrogen (secondary N) is 1. The molecule has 21 heavy (non-hydrogen) atoms. The number of nitrogens with zero attached hydrogens (tertiary/aromatic N) is 1. The van der Waals surface area contributed by atoms with Crippen molar-refractivity contribution in [2.45, 2.75) is 26.5 Å². The molecule has 0 saturated heterocycles. The molecular formula is C15H18ClN3OS. The third kappa shape index (κ3) is 5.28. The maximum absolute atomic E-state index is 5.87.